The summed E-state index contributed by atoms with van der Waals surface area (Å²) >= 11 is 8.33. The molecule has 0 saturated heterocycles. The fourth-order valence-corrected chi connectivity index (χ4v) is 6.07. The highest BCUT2D eigenvalue weighted by atomic mass is 35.5. The van der Waals surface area contributed by atoms with Crippen LogP contribution >= 0.6 is 22.9 Å². The Bertz CT molecular complexity index is 1350. The minimum absolute atomic E-state index is 0.235. The van der Waals surface area contributed by atoms with Gasteiger partial charge in [-0.2, -0.15) is 5.10 Å². The lowest BCUT2D eigenvalue weighted by molar-refractivity contribution is 0.0954. The van der Waals surface area contributed by atoms with E-state index in [9.17, 15) is 4.79 Å². The third-order valence-corrected chi connectivity index (χ3v) is 7.65. The summed E-state index contributed by atoms with van der Waals surface area (Å²) < 4.78 is 1.59. The van der Waals surface area contributed by atoms with Crippen LogP contribution in [0, 0.1) is 6.92 Å². The van der Waals surface area contributed by atoms with Crippen molar-refractivity contribution in [1.82, 2.24) is 25.1 Å². The Hall–Kier alpha value is -2.97. The van der Waals surface area contributed by atoms with Crippen molar-refractivity contribution in [3.05, 3.63) is 63.0 Å². The molecule has 176 valence electrons. The zero-order chi connectivity index (χ0) is 23.7. The first kappa shape index (κ1) is 22.8. The van der Waals surface area contributed by atoms with E-state index in [1.165, 1.54) is 23.3 Å². The maximum atomic E-state index is 12.9. The van der Waals surface area contributed by atoms with Gasteiger partial charge in [0.25, 0.3) is 5.91 Å². The van der Waals surface area contributed by atoms with Crippen molar-refractivity contribution in [3.63, 3.8) is 0 Å². The number of hydrogen-bond acceptors (Lipinski definition) is 6. The summed E-state index contributed by atoms with van der Waals surface area (Å²) in [5.74, 6) is 1.48. The zero-order valence-electron chi connectivity index (χ0n) is 19.3. The Kier molecular flexibility index (Phi) is 6.52. The molecule has 7 nitrogen and oxygen atoms in total. The average molecular weight is 495 g/mol. The summed E-state index contributed by atoms with van der Waals surface area (Å²) in [5, 5.41) is 12.3. The number of benzene rings is 1. The van der Waals surface area contributed by atoms with Crippen LogP contribution in [-0.4, -0.2) is 38.7 Å². The molecule has 0 spiro atoms. The number of nitrogens with zero attached hydrogens (tertiary/aromatic N) is 4. The number of para-hydroxylation sites is 1. The number of carbonyl (C=O) groups is 1. The van der Waals surface area contributed by atoms with E-state index in [0.717, 1.165) is 46.8 Å². The molecule has 0 saturated carbocycles. The molecule has 0 bridgehead atoms. The van der Waals surface area contributed by atoms with Crippen LogP contribution in [0.1, 0.15) is 52.1 Å². The van der Waals surface area contributed by atoms with Gasteiger partial charge in [0.1, 0.15) is 21.6 Å². The Morgan fingerprint density at radius 1 is 1.15 bits per heavy atom. The summed E-state index contributed by atoms with van der Waals surface area (Å²) in [4.78, 5) is 25.0. The number of fused-ring (bicyclic) bond motifs is 3. The molecular formula is C25H27ClN6OS. The quantitative estimate of drug-likeness (QED) is 0.348. The fourth-order valence-electron chi connectivity index (χ4n) is 4.43. The number of rotatable bonds is 7. The van der Waals surface area contributed by atoms with Gasteiger partial charge in [0.15, 0.2) is 0 Å². The van der Waals surface area contributed by atoms with E-state index in [1.54, 1.807) is 22.9 Å². The Balaban J connectivity index is 1.29. The number of amides is 1. The van der Waals surface area contributed by atoms with Crippen LogP contribution in [-0.2, 0) is 19.3 Å². The summed E-state index contributed by atoms with van der Waals surface area (Å²) in [6.45, 7) is 4.85. The molecule has 3 aromatic heterocycles. The van der Waals surface area contributed by atoms with Crippen LogP contribution in [0.5, 0.6) is 0 Å². The molecule has 2 N–H and O–H groups in total. The van der Waals surface area contributed by atoms with Crippen molar-refractivity contribution in [2.75, 3.05) is 18.4 Å². The molecule has 1 aromatic carbocycles. The smallest absolute Gasteiger partial charge is 0.256 e. The van der Waals surface area contributed by atoms with E-state index in [-0.39, 0.29) is 5.91 Å². The second kappa shape index (κ2) is 9.72. The highest BCUT2D eigenvalue weighted by Gasteiger charge is 2.22. The van der Waals surface area contributed by atoms with Crippen LogP contribution < -0.4 is 10.6 Å². The number of carbonyl (C=O) groups excluding carboxylic acids is 1. The van der Waals surface area contributed by atoms with Gasteiger partial charge < -0.3 is 10.6 Å². The number of anilines is 1. The lowest BCUT2D eigenvalue weighted by Crippen LogP contribution is -2.29. The van der Waals surface area contributed by atoms with Gasteiger partial charge >= 0.3 is 0 Å². The number of thiophene rings is 1. The van der Waals surface area contributed by atoms with E-state index in [1.807, 2.05) is 30.3 Å². The standard InChI is InChI=1S/C25H27ClN6OS/c1-3-19-29-23(21-17-11-7-8-12-18(17)34-25(21)30-19)27-13-14-28-24(33)20-15(2)31-32(22(20)26)16-9-5-4-6-10-16/h4-6,9-10H,3,7-8,11-14H2,1-2H3,(H,28,33)(H,27,29,30). The second-order valence-corrected chi connectivity index (χ2v) is 9.86. The van der Waals surface area contributed by atoms with E-state index in [4.69, 9.17) is 21.6 Å². The maximum absolute atomic E-state index is 12.9. The SMILES string of the molecule is CCc1nc(NCCNC(=O)c2c(C)nn(-c3ccccc3)c2Cl)c2c3c(sc2n1)CCCC3. The molecule has 1 aliphatic carbocycles. The lowest BCUT2D eigenvalue weighted by Gasteiger charge is -2.13. The Morgan fingerprint density at radius 3 is 2.74 bits per heavy atom. The molecule has 1 amide bonds. The molecule has 9 heteroatoms. The Morgan fingerprint density at radius 2 is 1.94 bits per heavy atom. The summed E-state index contributed by atoms with van der Waals surface area (Å²) in [5.41, 5.74) is 3.20. The molecule has 0 atom stereocenters. The first-order valence-corrected chi connectivity index (χ1v) is 12.9. The highest BCUT2D eigenvalue weighted by Crippen LogP contribution is 2.38. The lowest BCUT2D eigenvalue weighted by atomic mass is 9.97. The monoisotopic (exact) mass is 494 g/mol. The molecule has 0 radical (unpaired) electrons. The van der Waals surface area contributed by atoms with Crippen LogP contribution in [0.4, 0.5) is 5.82 Å². The van der Waals surface area contributed by atoms with Crippen LogP contribution in [0.15, 0.2) is 30.3 Å². The first-order valence-electron chi connectivity index (χ1n) is 11.7. The molecule has 3 heterocycles. The third-order valence-electron chi connectivity index (χ3n) is 6.11. The molecule has 5 rings (SSSR count). The van der Waals surface area contributed by atoms with Crippen LogP contribution in [0.3, 0.4) is 0 Å². The largest absolute Gasteiger partial charge is 0.368 e. The first-order chi connectivity index (χ1) is 16.6. The van der Waals surface area contributed by atoms with Crippen molar-refractivity contribution in [1.29, 1.82) is 0 Å². The van der Waals surface area contributed by atoms with Gasteiger partial charge in [0, 0.05) is 24.4 Å². The van der Waals surface area contributed by atoms with Gasteiger partial charge in [0.05, 0.1) is 22.3 Å². The summed E-state index contributed by atoms with van der Waals surface area (Å²) in [6, 6.07) is 9.55. The summed E-state index contributed by atoms with van der Waals surface area (Å²) in [6.07, 6.45) is 5.45. The number of nitrogens with one attached hydrogen (secondary N) is 2. The molecular weight excluding hydrogens is 468 g/mol. The predicted octanol–water partition coefficient (Wildman–Crippen LogP) is 5.12. The number of hydrogen-bond donors (Lipinski definition) is 2. The third kappa shape index (κ3) is 4.28. The van der Waals surface area contributed by atoms with E-state index >= 15 is 0 Å². The predicted molar refractivity (Wildman–Crippen MR) is 138 cm³/mol. The minimum atomic E-state index is -0.235. The van der Waals surface area contributed by atoms with Gasteiger partial charge in [-0.25, -0.2) is 14.6 Å². The normalized spacial score (nSPS) is 13.1. The van der Waals surface area contributed by atoms with Crippen molar-refractivity contribution in [2.24, 2.45) is 0 Å². The molecule has 0 fully saturated rings. The van der Waals surface area contributed by atoms with Gasteiger partial charge in [-0.15, -0.1) is 11.3 Å². The van der Waals surface area contributed by atoms with E-state index in [0.29, 0.717) is 29.5 Å². The van der Waals surface area contributed by atoms with E-state index < -0.39 is 0 Å². The fraction of sp³-hybridized carbons (Fsp3) is 0.360. The molecule has 4 aromatic rings. The second-order valence-electron chi connectivity index (χ2n) is 8.41. The topological polar surface area (TPSA) is 84.7 Å². The van der Waals surface area contributed by atoms with Crippen molar-refractivity contribution < 1.29 is 4.79 Å². The summed E-state index contributed by atoms with van der Waals surface area (Å²) in [7, 11) is 0. The van der Waals surface area contributed by atoms with Crippen molar-refractivity contribution in [3.8, 4) is 5.69 Å². The van der Waals surface area contributed by atoms with Gasteiger partial charge in [-0.05, 0) is 50.3 Å². The molecule has 0 unspecified atom stereocenters. The number of aromatic nitrogens is 4. The minimum Gasteiger partial charge on any atom is -0.368 e. The highest BCUT2D eigenvalue weighted by molar-refractivity contribution is 7.19. The van der Waals surface area contributed by atoms with E-state index in [2.05, 4.69) is 22.7 Å². The van der Waals surface area contributed by atoms with Crippen LogP contribution in [0.25, 0.3) is 15.9 Å². The zero-order valence-corrected chi connectivity index (χ0v) is 20.9. The molecule has 0 aliphatic heterocycles. The van der Waals surface area contributed by atoms with Gasteiger partial charge in [-0.3, -0.25) is 4.79 Å². The number of aryl methyl sites for hydroxylation is 4. The van der Waals surface area contributed by atoms with Gasteiger partial charge in [-0.1, -0.05) is 36.7 Å². The maximum Gasteiger partial charge on any atom is 0.256 e. The Labute approximate surface area is 207 Å². The molecule has 1 aliphatic rings. The molecule has 34 heavy (non-hydrogen) atoms. The van der Waals surface area contributed by atoms with Crippen LogP contribution in [0.2, 0.25) is 5.15 Å². The average Bonchev–Trinajstić information content (AvgIpc) is 3.38. The van der Waals surface area contributed by atoms with Crippen molar-refractivity contribution in [2.45, 2.75) is 46.0 Å². The van der Waals surface area contributed by atoms with Crippen molar-refractivity contribution >= 4 is 44.9 Å². The number of halogens is 1. The van der Waals surface area contributed by atoms with Gasteiger partial charge in [0.2, 0.25) is 0 Å².